The molecule has 1 aliphatic heterocycles. The second-order valence-corrected chi connectivity index (χ2v) is 7.41. The highest BCUT2D eigenvalue weighted by Crippen LogP contribution is 2.23. The predicted octanol–water partition coefficient (Wildman–Crippen LogP) is 4.22. The molecule has 1 N–H and O–H groups in total. The molecule has 0 amide bonds. The van der Waals surface area contributed by atoms with Gasteiger partial charge in [0, 0.05) is 26.2 Å². The van der Waals surface area contributed by atoms with Crippen molar-refractivity contribution in [3.63, 3.8) is 0 Å². The van der Waals surface area contributed by atoms with Gasteiger partial charge in [0.15, 0.2) is 5.96 Å². The number of nitrogens with one attached hydrogen (secondary N) is 1. The minimum Gasteiger partial charge on any atom is -0.378 e. The lowest BCUT2D eigenvalue weighted by molar-refractivity contribution is 0.0263. The quantitative estimate of drug-likeness (QED) is 0.308. The summed E-state index contributed by atoms with van der Waals surface area (Å²) in [7, 11) is 0. The number of halogens is 1. The normalized spacial score (nSPS) is 17.1. The average molecular weight is 509 g/mol. The van der Waals surface area contributed by atoms with Crippen LogP contribution in [0.25, 0.3) is 0 Å². The van der Waals surface area contributed by atoms with Crippen LogP contribution < -0.4 is 5.32 Å². The van der Waals surface area contributed by atoms with E-state index in [4.69, 9.17) is 9.73 Å². The lowest BCUT2D eigenvalue weighted by Gasteiger charge is -2.34. The zero-order valence-electron chi connectivity index (χ0n) is 17.3. The molecule has 0 spiro atoms. The fourth-order valence-corrected chi connectivity index (χ4v) is 4.34. The number of aliphatic imine (C=N–C) groups is 1. The van der Waals surface area contributed by atoms with Gasteiger partial charge in [-0.2, -0.15) is 11.3 Å². The van der Waals surface area contributed by atoms with Crippen LogP contribution in [-0.4, -0.2) is 67.7 Å². The Hall–Kier alpha value is -0.380. The van der Waals surface area contributed by atoms with Gasteiger partial charge in [0.1, 0.15) is 0 Å². The lowest BCUT2D eigenvalue weighted by Crippen LogP contribution is -2.47. The smallest absolute Gasteiger partial charge is 0.193 e. The van der Waals surface area contributed by atoms with Crippen molar-refractivity contribution < 1.29 is 4.74 Å². The number of hydrogen-bond donors (Lipinski definition) is 1. The zero-order chi connectivity index (χ0) is 18.8. The summed E-state index contributed by atoms with van der Waals surface area (Å²) in [4.78, 5) is 9.93. The van der Waals surface area contributed by atoms with Crippen molar-refractivity contribution in [2.24, 2.45) is 4.99 Å². The number of thiophene rings is 1. The molecule has 156 valence electrons. The minimum atomic E-state index is 0. The summed E-state index contributed by atoms with van der Waals surface area (Å²) in [6.07, 6.45) is 2.58. The number of piperidine rings is 1. The molecule has 0 bridgehead atoms. The van der Waals surface area contributed by atoms with Crippen LogP contribution in [0.3, 0.4) is 0 Å². The molecule has 0 aromatic carbocycles. The molecule has 5 nitrogen and oxygen atoms in total. The van der Waals surface area contributed by atoms with E-state index in [2.05, 4.69) is 59.6 Å². The number of nitrogens with zero attached hydrogens (tertiary/aromatic N) is 3. The van der Waals surface area contributed by atoms with Crippen molar-refractivity contribution in [3.05, 3.63) is 22.4 Å². The SMILES string of the molecule is CCNC(=NCC(c1ccsc1)N(CC)CC)N1CCC(OCC)CC1.I. The van der Waals surface area contributed by atoms with Gasteiger partial charge in [0.2, 0.25) is 0 Å². The molecule has 1 aliphatic rings. The van der Waals surface area contributed by atoms with Gasteiger partial charge in [-0.15, -0.1) is 24.0 Å². The van der Waals surface area contributed by atoms with E-state index in [1.807, 2.05) is 0 Å². The molecule has 1 unspecified atom stereocenters. The van der Waals surface area contributed by atoms with Crippen molar-refractivity contribution in [2.45, 2.75) is 52.7 Å². The fraction of sp³-hybridized carbons (Fsp3) is 0.750. The fourth-order valence-electron chi connectivity index (χ4n) is 3.63. The van der Waals surface area contributed by atoms with Crippen LogP contribution in [0.1, 0.15) is 52.1 Å². The zero-order valence-corrected chi connectivity index (χ0v) is 20.5. The molecule has 1 saturated heterocycles. The molecular formula is C20H37IN4OS. The molecule has 1 fully saturated rings. The lowest BCUT2D eigenvalue weighted by atomic mass is 10.1. The maximum atomic E-state index is 5.79. The van der Waals surface area contributed by atoms with E-state index < -0.39 is 0 Å². The summed E-state index contributed by atoms with van der Waals surface area (Å²) in [5, 5.41) is 7.92. The average Bonchev–Trinajstić information content (AvgIpc) is 3.19. The van der Waals surface area contributed by atoms with E-state index in [-0.39, 0.29) is 24.0 Å². The summed E-state index contributed by atoms with van der Waals surface area (Å²) >= 11 is 1.77. The summed E-state index contributed by atoms with van der Waals surface area (Å²) in [6, 6.07) is 2.59. The molecule has 0 aliphatic carbocycles. The van der Waals surface area contributed by atoms with Crippen molar-refractivity contribution in [3.8, 4) is 0 Å². The molecule has 27 heavy (non-hydrogen) atoms. The number of likely N-dealkylation sites (N-methyl/N-ethyl adjacent to an activating group) is 1. The van der Waals surface area contributed by atoms with Gasteiger partial charge in [-0.25, -0.2) is 0 Å². The Bertz CT molecular complexity index is 514. The Morgan fingerprint density at radius 1 is 1.30 bits per heavy atom. The highest BCUT2D eigenvalue weighted by molar-refractivity contribution is 14.0. The van der Waals surface area contributed by atoms with Crippen molar-refractivity contribution >= 4 is 41.3 Å². The Balaban J connectivity index is 0.00000364. The van der Waals surface area contributed by atoms with Crippen LogP contribution in [0, 0.1) is 0 Å². The van der Waals surface area contributed by atoms with Crippen molar-refractivity contribution in [1.82, 2.24) is 15.1 Å². The first-order valence-corrected chi connectivity index (χ1v) is 11.1. The van der Waals surface area contributed by atoms with Crippen LogP contribution in [0.2, 0.25) is 0 Å². The van der Waals surface area contributed by atoms with Gasteiger partial charge in [-0.05, 0) is 62.2 Å². The highest BCUT2D eigenvalue weighted by atomic mass is 127. The summed E-state index contributed by atoms with van der Waals surface area (Å²) < 4.78 is 5.79. The first-order chi connectivity index (χ1) is 12.7. The largest absolute Gasteiger partial charge is 0.378 e. The third kappa shape index (κ3) is 7.51. The molecule has 0 saturated carbocycles. The van der Waals surface area contributed by atoms with Gasteiger partial charge >= 0.3 is 0 Å². The maximum Gasteiger partial charge on any atom is 0.193 e. The Labute approximate surface area is 186 Å². The maximum absolute atomic E-state index is 5.79. The second-order valence-electron chi connectivity index (χ2n) is 6.63. The first-order valence-electron chi connectivity index (χ1n) is 10.1. The molecule has 1 atom stereocenters. The van der Waals surface area contributed by atoms with Crippen molar-refractivity contribution in [1.29, 1.82) is 0 Å². The third-order valence-corrected chi connectivity index (χ3v) is 5.78. The summed E-state index contributed by atoms with van der Waals surface area (Å²) in [5.74, 6) is 1.05. The molecule has 1 aromatic heterocycles. The Morgan fingerprint density at radius 3 is 2.52 bits per heavy atom. The predicted molar refractivity (Wildman–Crippen MR) is 128 cm³/mol. The molecule has 2 heterocycles. The number of likely N-dealkylation sites (tertiary alicyclic amines) is 1. The molecule has 7 heteroatoms. The van der Waals surface area contributed by atoms with Gasteiger partial charge < -0.3 is 15.0 Å². The number of rotatable bonds is 9. The third-order valence-electron chi connectivity index (χ3n) is 5.07. The van der Waals surface area contributed by atoms with Gasteiger partial charge in [0.25, 0.3) is 0 Å². The summed E-state index contributed by atoms with van der Waals surface area (Å²) in [6.45, 7) is 15.3. The van der Waals surface area contributed by atoms with Gasteiger partial charge in [0.05, 0.1) is 18.7 Å². The Kier molecular flexibility index (Phi) is 12.5. The topological polar surface area (TPSA) is 40.1 Å². The molecule has 1 aromatic rings. The van der Waals surface area contributed by atoms with Crippen LogP contribution in [0.4, 0.5) is 0 Å². The van der Waals surface area contributed by atoms with E-state index in [1.165, 1.54) is 5.56 Å². The highest BCUT2D eigenvalue weighted by Gasteiger charge is 2.23. The second kappa shape index (κ2) is 13.7. The van der Waals surface area contributed by atoms with Gasteiger partial charge in [-0.3, -0.25) is 9.89 Å². The minimum absolute atomic E-state index is 0. The molecular weight excluding hydrogens is 471 g/mol. The molecule has 0 radical (unpaired) electrons. The number of hydrogen-bond acceptors (Lipinski definition) is 4. The number of guanidine groups is 1. The van der Waals surface area contributed by atoms with Crippen LogP contribution in [-0.2, 0) is 4.74 Å². The Morgan fingerprint density at radius 2 is 2.00 bits per heavy atom. The van der Waals surface area contributed by atoms with Crippen LogP contribution in [0.15, 0.2) is 21.8 Å². The standard InChI is InChI=1S/C20H36N4OS.HI/c1-5-21-20(24-12-9-18(10-13-24)25-8-4)22-15-19(23(6-2)7-3)17-11-14-26-16-17;/h11,14,16,18-19H,5-10,12-13,15H2,1-4H3,(H,21,22);1H. The van der Waals surface area contributed by atoms with Crippen LogP contribution in [0.5, 0.6) is 0 Å². The van der Waals surface area contributed by atoms with E-state index in [1.54, 1.807) is 11.3 Å². The number of ether oxygens (including phenoxy) is 1. The van der Waals surface area contributed by atoms with E-state index >= 15 is 0 Å². The van der Waals surface area contributed by atoms with E-state index in [0.717, 1.165) is 64.7 Å². The molecule has 2 rings (SSSR count). The monoisotopic (exact) mass is 508 g/mol. The van der Waals surface area contributed by atoms with Crippen molar-refractivity contribution in [2.75, 3.05) is 45.9 Å². The van der Waals surface area contributed by atoms with E-state index in [9.17, 15) is 0 Å². The first kappa shape index (κ1) is 24.7. The van der Waals surface area contributed by atoms with Crippen LogP contribution >= 0.6 is 35.3 Å². The summed E-state index contributed by atoms with van der Waals surface area (Å²) in [5.41, 5.74) is 1.38. The van der Waals surface area contributed by atoms with E-state index in [0.29, 0.717) is 12.1 Å². The van der Waals surface area contributed by atoms with Gasteiger partial charge in [-0.1, -0.05) is 13.8 Å².